The molecule has 2 fully saturated rings. The van der Waals surface area contributed by atoms with E-state index in [1.165, 1.54) is 19.1 Å². The molecule has 0 bridgehead atoms. The first-order chi connectivity index (χ1) is 14.0. The lowest BCUT2D eigenvalue weighted by molar-refractivity contribution is 0.267. The lowest BCUT2D eigenvalue weighted by atomic mass is 10.2. The number of rotatable bonds is 9. The van der Waals surface area contributed by atoms with Crippen LogP contribution in [0.2, 0.25) is 0 Å². The van der Waals surface area contributed by atoms with E-state index in [0.717, 1.165) is 50.6 Å². The fourth-order valence-corrected chi connectivity index (χ4v) is 5.49. The molecule has 1 aromatic heterocycles. The van der Waals surface area contributed by atoms with Crippen molar-refractivity contribution in [1.29, 1.82) is 0 Å². The third-order valence-corrected chi connectivity index (χ3v) is 7.20. The lowest BCUT2D eigenvalue weighted by Gasteiger charge is -2.24. The summed E-state index contributed by atoms with van der Waals surface area (Å²) in [4.78, 5) is 7.24. The SMILES string of the molecule is CCN1CCCC1CNC(=NC[C@H]1CCCN1S(C)(=O)=O)NCCc1ccco1. The minimum absolute atomic E-state index is 0.0488. The molecule has 1 aromatic rings. The molecular weight excluding hydrogens is 390 g/mol. The molecule has 29 heavy (non-hydrogen) atoms. The van der Waals surface area contributed by atoms with Crippen molar-refractivity contribution in [3.8, 4) is 0 Å². The van der Waals surface area contributed by atoms with E-state index in [9.17, 15) is 8.42 Å². The maximum absolute atomic E-state index is 12.0. The number of furan rings is 1. The molecule has 2 N–H and O–H groups in total. The molecule has 164 valence electrons. The smallest absolute Gasteiger partial charge is 0.211 e. The van der Waals surface area contributed by atoms with Crippen LogP contribution in [-0.2, 0) is 16.4 Å². The standard InChI is InChI=1S/C20H35N5O3S/c1-3-24-12-4-7-17(24)15-22-20(21-11-10-19-9-6-14-28-19)23-16-18-8-5-13-25(18)29(2,26)27/h6,9,14,17-18H,3-5,7-8,10-13,15-16H2,1-2H3,(H2,21,22,23)/t17?,18-/m1/s1. The van der Waals surface area contributed by atoms with Crippen LogP contribution in [0.1, 0.15) is 38.4 Å². The van der Waals surface area contributed by atoms with Crippen LogP contribution in [0.25, 0.3) is 0 Å². The number of likely N-dealkylation sites (tertiary alicyclic amines) is 1. The van der Waals surface area contributed by atoms with Crippen LogP contribution in [0, 0.1) is 0 Å². The molecule has 2 aliphatic heterocycles. The van der Waals surface area contributed by atoms with Crippen LogP contribution in [0.15, 0.2) is 27.8 Å². The highest BCUT2D eigenvalue weighted by Gasteiger charge is 2.31. The molecule has 0 aromatic carbocycles. The van der Waals surface area contributed by atoms with Gasteiger partial charge in [-0.3, -0.25) is 9.89 Å². The molecule has 0 radical (unpaired) electrons. The molecule has 1 unspecified atom stereocenters. The second-order valence-electron chi connectivity index (χ2n) is 7.92. The predicted octanol–water partition coefficient (Wildman–Crippen LogP) is 1.27. The Morgan fingerprint density at radius 1 is 1.24 bits per heavy atom. The first kappa shape index (κ1) is 22.1. The van der Waals surface area contributed by atoms with Crippen molar-refractivity contribution in [2.45, 2.75) is 51.1 Å². The summed E-state index contributed by atoms with van der Waals surface area (Å²) in [6.07, 6.45) is 7.95. The Morgan fingerprint density at radius 2 is 2.03 bits per heavy atom. The van der Waals surface area contributed by atoms with E-state index in [0.29, 0.717) is 25.7 Å². The number of hydrogen-bond donors (Lipinski definition) is 2. The van der Waals surface area contributed by atoms with Gasteiger partial charge in [0.1, 0.15) is 5.76 Å². The van der Waals surface area contributed by atoms with Gasteiger partial charge in [0.15, 0.2) is 5.96 Å². The maximum Gasteiger partial charge on any atom is 0.211 e. The summed E-state index contributed by atoms with van der Waals surface area (Å²) in [6, 6.07) is 4.33. The fourth-order valence-electron chi connectivity index (χ4n) is 4.32. The van der Waals surface area contributed by atoms with E-state index >= 15 is 0 Å². The molecule has 8 nitrogen and oxygen atoms in total. The van der Waals surface area contributed by atoms with Crippen LogP contribution in [-0.4, -0.2) is 81.2 Å². The zero-order valence-corrected chi connectivity index (χ0v) is 18.5. The third-order valence-electron chi connectivity index (χ3n) is 5.86. The summed E-state index contributed by atoms with van der Waals surface area (Å²) in [5.41, 5.74) is 0. The van der Waals surface area contributed by atoms with Crippen molar-refractivity contribution in [3.05, 3.63) is 24.2 Å². The Morgan fingerprint density at radius 3 is 2.76 bits per heavy atom. The molecule has 0 saturated carbocycles. The second-order valence-corrected chi connectivity index (χ2v) is 9.86. The topological polar surface area (TPSA) is 90.2 Å². The minimum atomic E-state index is -3.18. The highest BCUT2D eigenvalue weighted by atomic mass is 32.2. The molecule has 0 aliphatic carbocycles. The molecule has 2 saturated heterocycles. The van der Waals surface area contributed by atoms with E-state index in [1.807, 2.05) is 12.1 Å². The molecule has 0 spiro atoms. The number of hydrogen-bond acceptors (Lipinski definition) is 5. The van der Waals surface area contributed by atoms with E-state index < -0.39 is 10.0 Å². The van der Waals surface area contributed by atoms with Crippen LogP contribution in [0.3, 0.4) is 0 Å². The number of sulfonamides is 1. The molecular formula is C20H35N5O3S. The number of guanidine groups is 1. The van der Waals surface area contributed by atoms with Crippen LogP contribution in [0.5, 0.6) is 0 Å². The second kappa shape index (κ2) is 10.4. The maximum atomic E-state index is 12.0. The highest BCUT2D eigenvalue weighted by Crippen LogP contribution is 2.20. The lowest BCUT2D eigenvalue weighted by Crippen LogP contribution is -2.46. The molecule has 0 amide bonds. The van der Waals surface area contributed by atoms with Crippen molar-refractivity contribution in [3.63, 3.8) is 0 Å². The number of likely N-dealkylation sites (N-methyl/N-ethyl adjacent to an activating group) is 1. The van der Waals surface area contributed by atoms with Gasteiger partial charge in [-0.2, -0.15) is 4.31 Å². The molecule has 3 rings (SSSR count). The summed E-state index contributed by atoms with van der Waals surface area (Å²) >= 11 is 0. The van der Waals surface area contributed by atoms with Gasteiger partial charge in [-0.25, -0.2) is 8.42 Å². The van der Waals surface area contributed by atoms with Gasteiger partial charge in [0.2, 0.25) is 10.0 Å². The molecule has 2 atom stereocenters. The van der Waals surface area contributed by atoms with E-state index in [-0.39, 0.29) is 6.04 Å². The van der Waals surface area contributed by atoms with Crippen LogP contribution < -0.4 is 10.6 Å². The summed E-state index contributed by atoms with van der Waals surface area (Å²) in [5, 5.41) is 6.87. The van der Waals surface area contributed by atoms with Gasteiger partial charge in [-0.15, -0.1) is 0 Å². The fraction of sp³-hybridized carbons (Fsp3) is 0.750. The van der Waals surface area contributed by atoms with E-state index in [1.54, 1.807) is 10.6 Å². The Balaban J connectivity index is 1.58. The summed E-state index contributed by atoms with van der Waals surface area (Å²) in [7, 11) is -3.18. The van der Waals surface area contributed by atoms with Crippen molar-refractivity contribution < 1.29 is 12.8 Å². The normalized spacial score (nSPS) is 24.3. The van der Waals surface area contributed by atoms with Crippen molar-refractivity contribution in [2.24, 2.45) is 4.99 Å². The molecule has 9 heteroatoms. The highest BCUT2D eigenvalue weighted by molar-refractivity contribution is 7.88. The summed E-state index contributed by atoms with van der Waals surface area (Å²) in [6.45, 7) is 7.06. The van der Waals surface area contributed by atoms with Crippen molar-refractivity contribution in [1.82, 2.24) is 19.8 Å². The van der Waals surface area contributed by atoms with Gasteiger partial charge in [0.25, 0.3) is 0 Å². The van der Waals surface area contributed by atoms with Gasteiger partial charge < -0.3 is 15.1 Å². The Hall–Kier alpha value is -1.58. The average Bonchev–Trinajstić information content (AvgIpc) is 3.44. The number of aliphatic imine (C=N–C) groups is 1. The zero-order chi connectivity index (χ0) is 20.7. The van der Waals surface area contributed by atoms with Gasteiger partial charge >= 0.3 is 0 Å². The minimum Gasteiger partial charge on any atom is -0.469 e. The third kappa shape index (κ3) is 6.45. The Labute approximate surface area is 174 Å². The number of nitrogens with one attached hydrogen (secondary N) is 2. The average molecular weight is 426 g/mol. The summed E-state index contributed by atoms with van der Waals surface area (Å²) in [5.74, 6) is 1.68. The van der Waals surface area contributed by atoms with E-state index in [4.69, 9.17) is 9.41 Å². The van der Waals surface area contributed by atoms with Crippen molar-refractivity contribution in [2.75, 3.05) is 45.5 Å². The van der Waals surface area contributed by atoms with Gasteiger partial charge in [0.05, 0.1) is 19.1 Å². The quantitative estimate of drug-likeness (QED) is 0.457. The van der Waals surface area contributed by atoms with Crippen LogP contribution in [0.4, 0.5) is 0 Å². The van der Waals surface area contributed by atoms with E-state index in [2.05, 4.69) is 22.5 Å². The molecule has 3 heterocycles. The monoisotopic (exact) mass is 425 g/mol. The van der Waals surface area contributed by atoms with Gasteiger partial charge in [0, 0.05) is 38.1 Å². The predicted molar refractivity (Wildman–Crippen MR) is 116 cm³/mol. The first-order valence-corrected chi connectivity index (χ1v) is 12.6. The van der Waals surface area contributed by atoms with Crippen molar-refractivity contribution >= 4 is 16.0 Å². The first-order valence-electron chi connectivity index (χ1n) is 10.7. The number of nitrogens with zero attached hydrogens (tertiary/aromatic N) is 3. The molecule has 2 aliphatic rings. The van der Waals surface area contributed by atoms with Gasteiger partial charge in [-0.1, -0.05) is 6.92 Å². The zero-order valence-electron chi connectivity index (χ0n) is 17.6. The Kier molecular flexibility index (Phi) is 7.97. The largest absolute Gasteiger partial charge is 0.469 e. The summed E-state index contributed by atoms with van der Waals surface area (Å²) < 4.78 is 31.0. The van der Waals surface area contributed by atoms with Gasteiger partial charge in [-0.05, 0) is 50.9 Å². The van der Waals surface area contributed by atoms with Crippen LogP contribution >= 0.6 is 0 Å². The Bertz CT molecular complexity index is 750.